The first kappa shape index (κ1) is 15.7. The van der Waals surface area contributed by atoms with E-state index in [1.54, 1.807) is 0 Å². The van der Waals surface area contributed by atoms with Gasteiger partial charge in [0.05, 0.1) is 0 Å². The third-order valence-electron chi connectivity index (χ3n) is 4.59. The van der Waals surface area contributed by atoms with Gasteiger partial charge >= 0.3 is 0 Å². The van der Waals surface area contributed by atoms with Crippen LogP contribution in [0.1, 0.15) is 39.2 Å². The number of halogens is 1. The zero-order chi connectivity index (χ0) is 14.7. The summed E-state index contributed by atoms with van der Waals surface area (Å²) in [6.07, 6.45) is 3.14. The molecule has 2 rings (SSSR count). The molecule has 0 spiro atoms. The van der Waals surface area contributed by atoms with Crippen LogP contribution in [0.4, 0.5) is 5.69 Å². The minimum absolute atomic E-state index is 0.192. The van der Waals surface area contributed by atoms with Crippen molar-refractivity contribution in [3.8, 4) is 0 Å². The van der Waals surface area contributed by atoms with E-state index in [1.807, 2.05) is 6.07 Å². The van der Waals surface area contributed by atoms with Crippen LogP contribution in [0.2, 0.25) is 5.02 Å². The lowest BCUT2D eigenvalue weighted by Gasteiger charge is -2.25. The molecule has 1 aromatic rings. The van der Waals surface area contributed by atoms with Crippen LogP contribution in [-0.2, 0) is 6.42 Å². The van der Waals surface area contributed by atoms with Crippen LogP contribution >= 0.6 is 11.6 Å². The number of nitrogens with two attached hydrogens (primary N) is 1. The molecule has 112 valence electrons. The molecule has 0 amide bonds. The van der Waals surface area contributed by atoms with Crippen molar-refractivity contribution in [1.82, 2.24) is 0 Å². The fourth-order valence-electron chi connectivity index (χ4n) is 3.00. The van der Waals surface area contributed by atoms with E-state index in [2.05, 4.69) is 37.8 Å². The molecule has 0 aliphatic carbocycles. The van der Waals surface area contributed by atoms with Crippen molar-refractivity contribution < 1.29 is 0 Å². The van der Waals surface area contributed by atoms with Crippen LogP contribution in [-0.4, -0.2) is 19.1 Å². The molecule has 1 heterocycles. The van der Waals surface area contributed by atoms with Gasteiger partial charge in [0.2, 0.25) is 0 Å². The lowest BCUT2D eigenvalue weighted by atomic mass is 9.95. The van der Waals surface area contributed by atoms with Crippen molar-refractivity contribution in [2.45, 2.75) is 46.1 Å². The maximum absolute atomic E-state index is 6.43. The highest BCUT2D eigenvalue weighted by Crippen LogP contribution is 2.34. The van der Waals surface area contributed by atoms with Gasteiger partial charge in [-0.1, -0.05) is 38.4 Å². The Morgan fingerprint density at radius 3 is 2.75 bits per heavy atom. The largest absolute Gasteiger partial charge is 0.371 e. The maximum atomic E-state index is 6.43. The van der Waals surface area contributed by atoms with Crippen LogP contribution in [0.25, 0.3) is 0 Å². The van der Waals surface area contributed by atoms with Gasteiger partial charge in [-0.25, -0.2) is 0 Å². The van der Waals surface area contributed by atoms with Gasteiger partial charge < -0.3 is 10.6 Å². The van der Waals surface area contributed by atoms with Crippen molar-refractivity contribution in [3.63, 3.8) is 0 Å². The summed E-state index contributed by atoms with van der Waals surface area (Å²) in [6.45, 7) is 9.05. The second kappa shape index (κ2) is 6.82. The fourth-order valence-corrected chi connectivity index (χ4v) is 3.25. The van der Waals surface area contributed by atoms with E-state index in [-0.39, 0.29) is 6.04 Å². The van der Waals surface area contributed by atoms with E-state index in [0.29, 0.717) is 0 Å². The average Bonchev–Trinajstić information content (AvgIpc) is 2.90. The van der Waals surface area contributed by atoms with Crippen molar-refractivity contribution in [2.75, 3.05) is 18.0 Å². The summed E-state index contributed by atoms with van der Waals surface area (Å²) in [7, 11) is 0. The first-order valence-corrected chi connectivity index (χ1v) is 8.18. The van der Waals surface area contributed by atoms with Gasteiger partial charge in [0.1, 0.15) is 0 Å². The molecule has 1 aromatic carbocycles. The van der Waals surface area contributed by atoms with E-state index in [0.717, 1.165) is 42.8 Å². The Hall–Kier alpha value is -0.730. The van der Waals surface area contributed by atoms with Crippen LogP contribution in [0, 0.1) is 11.8 Å². The highest BCUT2D eigenvalue weighted by Gasteiger charge is 2.26. The molecule has 2 N–H and O–H groups in total. The van der Waals surface area contributed by atoms with Gasteiger partial charge in [-0.05, 0) is 48.8 Å². The summed E-state index contributed by atoms with van der Waals surface area (Å²) in [6, 6.07) is 6.43. The number of nitrogens with zero attached hydrogens (tertiary/aromatic N) is 1. The minimum Gasteiger partial charge on any atom is -0.371 e. The Labute approximate surface area is 128 Å². The van der Waals surface area contributed by atoms with Crippen LogP contribution in [0.3, 0.4) is 0 Å². The molecule has 3 heteroatoms. The molecule has 2 unspecified atom stereocenters. The molecule has 1 fully saturated rings. The lowest BCUT2D eigenvalue weighted by molar-refractivity contribution is 0.422. The predicted octanol–water partition coefficient (Wildman–Crippen LogP) is 4.10. The second-order valence-electron chi connectivity index (χ2n) is 6.35. The van der Waals surface area contributed by atoms with Gasteiger partial charge in [-0.3, -0.25) is 0 Å². The number of hydrogen-bond acceptors (Lipinski definition) is 2. The molecule has 0 aromatic heterocycles. The molecule has 1 aliphatic heterocycles. The number of rotatable bonds is 5. The summed E-state index contributed by atoms with van der Waals surface area (Å²) in [4.78, 5) is 2.49. The molecule has 1 aliphatic rings. The lowest BCUT2D eigenvalue weighted by Crippen LogP contribution is -2.26. The van der Waals surface area contributed by atoms with Crippen LogP contribution in [0.5, 0.6) is 0 Å². The van der Waals surface area contributed by atoms with Crippen LogP contribution in [0.15, 0.2) is 18.2 Å². The smallest absolute Gasteiger partial charge is 0.0459 e. The van der Waals surface area contributed by atoms with E-state index in [4.69, 9.17) is 17.3 Å². The zero-order valence-corrected chi connectivity index (χ0v) is 13.7. The summed E-state index contributed by atoms with van der Waals surface area (Å²) in [5.41, 5.74) is 8.67. The van der Waals surface area contributed by atoms with E-state index in [1.165, 1.54) is 17.7 Å². The summed E-state index contributed by atoms with van der Waals surface area (Å²) >= 11 is 6.43. The third-order valence-corrected chi connectivity index (χ3v) is 4.95. The normalized spacial score (nSPS) is 20.7. The van der Waals surface area contributed by atoms with Crippen molar-refractivity contribution in [1.29, 1.82) is 0 Å². The standard InChI is InChI=1S/C17H27ClN2/c1-4-14(19)10-15-16(18)6-5-7-17(15)20-9-8-13(11-20)12(2)3/h5-7,12-14H,4,8-11,19H2,1-3H3. The molecule has 0 bridgehead atoms. The minimum atomic E-state index is 0.192. The molecule has 2 nitrogen and oxygen atoms in total. The van der Waals surface area contributed by atoms with E-state index in [9.17, 15) is 0 Å². The van der Waals surface area contributed by atoms with Gasteiger partial charge in [0.15, 0.2) is 0 Å². The Kier molecular flexibility index (Phi) is 5.34. The molecular weight excluding hydrogens is 268 g/mol. The van der Waals surface area contributed by atoms with Crippen LogP contribution < -0.4 is 10.6 Å². The first-order valence-electron chi connectivity index (χ1n) is 7.80. The quantitative estimate of drug-likeness (QED) is 0.886. The summed E-state index contributed by atoms with van der Waals surface area (Å²) in [5, 5.41) is 0.861. The zero-order valence-electron chi connectivity index (χ0n) is 12.9. The molecule has 1 saturated heterocycles. The van der Waals surface area contributed by atoms with E-state index < -0.39 is 0 Å². The Bertz CT molecular complexity index is 445. The average molecular weight is 295 g/mol. The fraction of sp³-hybridized carbons (Fsp3) is 0.647. The van der Waals surface area contributed by atoms with Crippen molar-refractivity contribution in [2.24, 2.45) is 17.6 Å². The second-order valence-corrected chi connectivity index (χ2v) is 6.76. The topological polar surface area (TPSA) is 29.3 Å². The van der Waals surface area contributed by atoms with Gasteiger partial charge in [-0.15, -0.1) is 0 Å². The SMILES string of the molecule is CCC(N)Cc1c(Cl)cccc1N1CCC(C(C)C)C1. The monoisotopic (exact) mass is 294 g/mol. The maximum Gasteiger partial charge on any atom is 0.0459 e. The first-order chi connectivity index (χ1) is 9.52. The third kappa shape index (κ3) is 3.48. The number of anilines is 1. The van der Waals surface area contributed by atoms with Crippen molar-refractivity contribution >= 4 is 17.3 Å². The highest BCUT2D eigenvalue weighted by atomic mass is 35.5. The predicted molar refractivity (Wildman–Crippen MR) is 88.6 cm³/mol. The Balaban J connectivity index is 2.21. The molecule has 2 atom stereocenters. The molecule has 0 saturated carbocycles. The molecule has 20 heavy (non-hydrogen) atoms. The molecule has 0 radical (unpaired) electrons. The number of hydrogen-bond donors (Lipinski definition) is 1. The number of benzene rings is 1. The van der Waals surface area contributed by atoms with Gasteiger partial charge in [0, 0.05) is 29.8 Å². The molecular formula is C17H27ClN2. The summed E-state index contributed by atoms with van der Waals surface area (Å²) < 4.78 is 0. The van der Waals surface area contributed by atoms with Gasteiger partial charge in [0.25, 0.3) is 0 Å². The van der Waals surface area contributed by atoms with Crippen molar-refractivity contribution in [3.05, 3.63) is 28.8 Å². The van der Waals surface area contributed by atoms with E-state index >= 15 is 0 Å². The summed E-state index contributed by atoms with van der Waals surface area (Å²) in [5.74, 6) is 1.54. The van der Waals surface area contributed by atoms with Gasteiger partial charge in [-0.2, -0.15) is 0 Å². The Morgan fingerprint density at radius 1 is 1.40 bits per heavy atom. The highest BCUT2D eigenvalue weighted by molar-refractivity contribution is 6.31. The Morgan fingerprint density at radius 2 is 2.15 bits per heavy atom.